The summed E-state index contributed by atoms with van der Waals surface area (Å²) in [6.07, 6.45) is 3.80. The van der Waals surface area contributed by atoms with Crippen molar-refractivity contribution in [3.05, 3.63) is 65.7 Å². The molecule has 0 spiro atoms. The zero-order valence-electron chi connectivity index (χ0n) is 13.2. The Morgan fingerprint density at radius 3 is 2.04 bits per heavy atom. The van der Waals surface area contributed by atoms with Crippen LogP contribution in [0.1, 0.15) is 11.1 Å². The summed E-state index contributed by atoms with van der Waals surface area (Å²) in [6.45, 7) is 6.63. The van der Waals surface area contributed by atoms with E-state index in [0.717, 1.165) is 38.0 Å². The van der Waals surface area contributed by atoms with E-state index in [1.165, 1.54) is 24.2 Å². The zero-order chi connectivity index (χ0) is 15.6. The molecule has 0 radical (unpaired) electrons. The summed E-state index contributed by atoms with van der Waals surface area (Å²) in [5.41, 5.74) is 2.51. The van der Waals surface area contributed by atoms with Gasteiger partial charge in [-0.3, -0.25) is 14.8 Å². The average Bonchev–Trinajstić information content (AvgIpc) is 3.08. The fourth-order valence-corrected chi connectivity index (χ4v) is 4.04. The van der Waals surface area contributed by atoms with Crippen LogP contribution in [0.3, 0.4) is 0 Å². The topological polar surface area (TPSA) is 19.4 Å². The van der Waals surface area contributed by atoms with Crippen molar-refractivity contribution in [2.45, 2.75) is 13.1 Å². The lowest BCUT2D eigenvalue weighted by Crippen LogP contribution is -2.28. The first kappa shape index (κ1) is 14.8. The summed E-state index contributed by atoms with van der Waals surface area (Å²) >= 11 is 0. The molecule has 0 unspecified atom stereocenters. The maximum Gasteiger partial charge on any atom is 0.123 e. The number of halogens is 1. The summed E-state index contributed by atoms with van der Waals surface area (Å²) < 4.78 is 13.0. The van der Waals surface area contributed by atoms with Gasteiger partial charge in [0.25, 0.3) is 0 Å². The number of hydrogen-bond acceptors (Lipinski definition) is 3. The Kier molecular flexibility index (Phi) is 4.10. The second-order valence-electron chi connectivity index (χ2n) is 6.90. The maximum atomic E-state index is 13.0. The molecule has 3 heterocycles. The Hall–Kier alpha value is -1.78. The van der Waals surface area contributed by atoms with Gasteiger partial charge in [0.2, 0.25) is 0 Å². The first-order valence-corrected chi connectivity index (χ1v) is 8.34. The second-order valence-corrected chi connectivity index (χ2v) is 6.90. The van der Waals surface area contributed by atoms with Crippen LogP contribution in [-0.2, 0) is 13.1 Å². The number of aromatic nitrogens is 1. The van der Waals surface area contributed by atoms with Crippen LogP contribution in [0, 0.1) is 17.7 Å². The van der Waals surface area contributed by atoms with Crippen molar-refractivity contribution in [1.29, 1.82) is 0 Å². The predicted molar refractivity (Wildman–Crippen MR) is 88.2 cm³/mol. The molecule has 4 rings (SSSR count). The molecule has 2 aliphatic heterocycles. The van der Waals surface area contributed by atoms with Crippen LogP contribution in [0.4, 0.5) is 4.39 Å². The summed E-state index contributed by atoms with van der Waals surface area (Å²) in [5, 5.41) is 0. The van der Waals surface area contributed by atoms with E-state index in [1.54, 1.807) is 12.1 Å². The van der Waals surface area contributed by atoms with E-state index in [1.807, 2.05) is 30.6 Å². The van der Waals surface area contributed by atoms with Gasteiger partial charge in [-0.2, -0.15) is 0 Å². The van der Waals surface area contributed by atoms with Crippen LogP contribution < -0.4 is 0 Å². The van der Waals surface area contributed by atoms with E-state index < -0.39 is 0 Å². The van der Waals surface area contributed by atoms with E-state index in [4.69, 9.17) is 0 Å². The molecule has 0 N–H and O–H groups in total. The van der Waals surface area contributed by atoms with Crippen molar-refractivity contribution in [2.75, 3.05) is 26.2 Å². The highest BCUT2D eigenvalue weighted by molar-refractivity contribution is 5.16. The molecule has 120 valence electrons. The number of likely N-dealkylation sites (tertiary alicyclic amines) is 2. The molecule has 2 fully saturated rings. The van der Waals surface area contributed by atoms with E-state index in [0.29, 0.717) is 0 Å². The molecule has 4 heteroatoms. The number of fused-ring (bicyclic) bond motifs is 1. The molecule has 2 aromatic rings. The van der Waals surface area contributed by atoms with E-state index >= 15 is 0 Å². The van der Waals surface area contributed by atoms with Gasteiger partial charge in [-0.15, -0.1) is 0 Å². The zero-order valence-corrected chi connectivity index (χ0v) is 13.2. The van der Waals surface area contributed by atoms with E-state index in [9.17, 15) is 4.39 Å². The van der Waals surface area contributed by atoms with Crippen molar-refractivity contribution in [2.24, 2.45) is 11.8 Å². The Morgan fingerprint density at radius 2 is 1.48 bits per heavy atom. The second kappa shape index (κ2) is 6.38. The van der Waals surface area contributed by atoms with E-state index in [-0.39, 0.29) is 5.82 Å². The van der Waals surface area contributed by atoms with Crippen LogP contribution in [0.25, 0.3) is 0 Å². The third-order valence-electron chi connectivity index (χ3n) is 5.09. The Morgan fingerprint density at radius 1 is 0.870 bits per heavy atom. The smallest absolute Gasteiger partial charge is 0.123 e. The van der Waals surface area contributed by atoms with Gasteiger partial charge in [0, 0.05) is 51.7 Å². The van der Waals surface area contributed by atoms with Crippen LogP contribution in [0.5, 0.6) is 0 Å². The number of hydrogen-bond donors (Lipinski definition) is 0. The standard InChI is InChI=1S/C19H22FN3/c20-19-5-3-15(4-6-19)9-22-11-17-13-23(14-18(17)12-22)10-16-2-1-7-21-8-16/h1-8,17-18H,9-14H2/t17-,18-/m0/s1. The highest BCUT2D eigenvalue weighted by Gasteiger charge is 2.39. The molecule has 0 amide bonds. The van der Waals surface area contributed by atoms with Crippen molar-refractivity contribution in [3.8, 4) is 0 Å². The van der Waals surface area contributed by atoms with Gasteiger partial charge in [0.15, 0.2) is 0 Å². The van der Waals surface area contributed by atoms with Gasteiger partial charge < -0.3 is 0 Å². The minimum atomic E-state index is -0.155. The lowest BCUT2D eigenvalue weighted by atomic mass is 10.0. The molecule has 2 saturated heterocycles. The number of nitrogens with zero attached hydrogens (tertiary/aromatic N) is 3. The van der Waals surface area contributed by atoms with Crippen LogP contribution >= 0.6 is 0 Å². The van der Waals surface area contributed by atoms with E-state index in [2.05, 4.69) is 20.9 Å². The van der Waals surface area contributed by atoms with Crippen molar-refractivity contribution in [1.82, 2.24) is 14.8 Å². The molecule has 0 saturated carbocycles. The first-order valence-electron chi connectivity index (χ1n) is 8.34. The molecular formula is C19H22FN3. The van der Waals surface area contributed by atoms with Crippen LogP contribution in [0.2, 0.25) is 0 Å². The SMILES string of the molecule is Fc1ccc(CN2C[C@H]3CN(Cc4cccnc4)C[C@@H]3C2)cc1. The molecule has 3 nitrogen and oxygen atoms in total. The highest BCUT2D eigenvalue weighted by Crippen LogP contribution is 2.32. The first-order chi connectivity index (χ1) is 11.3. The van der Waals surface area contributed by atoms with Gasteiger partial charge in [0.1, 0.15) is 5.82 Å². The summed E-state index contributed by atoms with van der Waals surface area (Å²) in [6, 6.07) is 11.1. The summed E-state index contributed by atoms with van der Waals surface area (Å²) in [5.74, 6) is 1.39. The van der Waals surface area contributed by atoms with Crippen LogP contribution in [0.15, 0.2) is 48.8 Å². The molecule has 2 aliphatic rings. The minimum absolute atomic E-state index is 0.155. The fraction of sp³-hybridized carbons (Fsp3) is 0.421. The van der Waals surface area contributed by atoms with Gasteiger partial charge in [-0.05, 0) is 41.2 Å². The highest BCUT2D eigenvalue weighted by atomic mass is 19.1. The minimum Gasteiger partial charge on any atom is -0.298 e. The largest absolute Gasteiger partial charge is 0.298 e. The summed E-state index contributed by atoms with van der Waals surface area (Å²) in [7, 11) is 0. The monoisotopic (exact) mass is 311 g/mol. The Bertz CT molecular complexity index is 629. The van der Waals surface area contributed by atoms with Gasteiger partial charge >= 0.3 is 0 Å². The lowest BCUT2D eigenvalue weighted by molar-refractivity contribution is 0.246. The summed E-state index contributed by atoms with van der Waals surface area (Å²) in [4.78, 5) is 9.28. The number of pyridine rings is 1. The van der Waals surface area contributed by atoms with Gasteiger partial charge in [-0.1, -0.05) is 18.2 Å². The predicted octanol–water partition coefficient (Wildman–Crippen LogP) is 2.78. The average molecular weight is 311 g/mol. The molecular weight excluding hydrogens is 289 g/mol. The molecule has 1 aromatic heterocycles. The molecule has 23 heavy (non-hydrogen) atoms. The quantitative estimate of drug-likeness (QED) is 0.865. The number of benzene rings is 1. The van der Waals surface area contributed by atoms with Crippen molar-refractivity contribution in [3.63, 3.8) is 0 Å². The molecule has 2 atom stereocenters. The van der Waals surface area contributed by atoms with Gasteiger partial charge in [-0.25, -0.2) is 4.39 Å². The third kappa shape index (κ3) is 3.43. The third-order valence-corrected chi connectivity index (χ3v) is 5.09. The van der Waals surface area contributed by atoms with Gasteiger partial charge in [0.05, 0.1) is 0 Å². The van der Waals surface area contributed by atoms with Crippen molar-refractivity contribution < 1.29 is 4.39 Å². The Labute approximate surface area is 136 Å². The normalized spacial score (nSPS) is 24.9. The number of rotatable bonds is 4. The Balaban J connectivity index is 1.30. The maximum absolute atomic E-state index is 13.0. The molecule has 0 bridgehead atoms. The fourth-order valence-electron chi connectivity index (χ4n) is 4.04. The molecule has 0 aliphatic carbocycles. The van der Waals surface area contributed by atoms with Crippen molar-refractivity contribution >= 4 is 0 Å². The van der Waals surface area contributed by atoms with Crippen LogP contribution in [-0.4, -0.2) is 41.0 Å². The molecule has 1 aromatic carbocycles. The lowest BCUT2D eigenvalue weighted by Gasteiger charge is -2.21.